The van der Waals surface area contributed by atoms with Crippen LogP contribution in [0.2, 0.25) is 0 Å². The molecule has 374 valence electrons. The number of aliphatic hydroxyl groups is 2. The smallest absolute Gasteiger partial charge is 0.305 e. The number of hydrogen-bond donors (Lipinski definition) is 3. The predicted octanol–water partition coefficient (Wildman–Crippen LogP) is 17.3. The van der Waals surface area contributed by atoms with Gasteiger partial charge in [0.25, 0.3) is 0 Å². The monoisotopic (exact) mass is 890 g/mol. The minimum Gasteiger partial charge on any atom is -0.466 e. The van der Waals surface area contributed by atoms with Gasteiger partial charge in [0.05, 0.1) is 25.4 Å². The summed E-state index contributed by atoms with van der Waals surface area (Å²) in [5.74, 6) is -0.0643. The van der Waals surface area contributed by atoms with Crippen LogP contribution in [-0.4, -0.2) is 47.4 Å². The SMILES string of the molecule is CCCCCCCCCCCCCCC/C=C/C(O)C(CO)NC(=O)CCCCCCCCCCCCCCCCCCCOC(=O)CCCCCCCCCCCCCCCC. The van der Waals surface area contributed by atoms with E-state index in [1.807, 2.05) is 6.08 Å². The molecule has 0 aliphatic carbocycles. The maximum atomic E-state index is 12.4. The summed E-state index contributed by atoms with van der Waals surface area (Å²) in [6.45, 7) is 4.91. The Morgan fingerprint density at radius 2 is 0.730 bits per heavy atom. The number of rotatable bonds is 53. The fourth-order valence-corrected chi connectivity index (χ4v) is 8.93. The first-order valence-corrected chi connectivity index (χ1v) is 28.5. The Balaban J connectivity index is 3.43. The predicted molar refractivity (Wildman–Crippen MR) is 273 cm³/mol. The molecule has 1 amide bonds. The van der Waals surface area contributed by atoms with Gasteiger partial charge in [-0.25, -0.2) is 0 Å². The molecule has 0 heterocycles. The number of ether oxygens (including phenoxy) is 1. The lowest BCUT2D eigenvalue weighted by molar-refractivity contribution is -0.143. The topological polar surface area (TPSA) is 95.9 Å². The second-order valence-corrected chi connectivity index (χ2v) is 19.6. The summed E-state index contributed by atoms with van der Waals surface area (Å²) in [5, 5.41) is 23.1. The van der Waals surface area contributed by atoms with Crippen LogP contribution >= 0.6 is 0 Å². The molecule has 0 aromatic carbocycles. The first-order valence-electron chi connectivity index (χ1n) is 28.5. The van der Waals surface area contributed by atoms with Crippen molar-refractivity contribution in [2.45, 2.75) is 328 Å². The van der Waals surface area contributed by atoms with Crippen LogP contribution in [0.4, 0.5) is 0 Å². The van der Waals surface area contributed by atoms with E-state index >= 15 is 0 Å². The van der Waals surface area contributed by atoms with Gasteiger partial charge in [0.2, 0.25) is 5.91 Å². The van der Waals surface area contributed by atoms with E-state index in [1.165, 1.54) is 250 Å². The van der Waals surface area contributed by atoms with Gasteiger partial charge >= 0.3 is 5.97 Å². The minimum atomic E-state index is -0.847. The molecule has 0 fully saturated rings. The van der Waals surface area contributed by atoms with Gasteiger partial charge in [0, 0.05) is 12.8 Å². The highest BCUT2D eigenvalue weighted by molar-refractivity contribution is 5.76. The van der Waals surface area contributed by atoms with Crippen LogP contribution in [0.5, 0.6) is 0 Å². The molecule has 0 bridgehead atoms. The second-order valence-electron chi connectivity index (χ2n) is 19.6. The van der Waals surface area contributed by atoms with Crippen molar-refractivity contribution in [3.8, 4) is 0 Å². The zero-order chi connectivity index (χ0) is 45.8. The molecule has 2 atom stereocenters. The number of amides is 1. The third-order valence-corrected chi connectivity index (χ3v) is 13.3. The Morgan fingerprint density at radius 3 is 1.08 bits per heavy atom. The quantitative estimate of drug-likeness (QED) is 0.0321. The fraction of sp³-hybridized carbons (Fsp3) is 0.930. The number of allylic oxidation sites excluding steroid dienone is 1. The lowest BCUT2D eigenvalue weighted by Gasteiger charge is -2.20. The van der Waals surface area contributed by atoms with Gasteiger partial charge in [-0.1, -0.05) is 283 Å². The van der Waals surface area contributed by atoms with Crippen LogP contribution in [-0.2, 0) is 14.3 Å². The zero-order valence-corrected chi connectivity index (χ0v) is 42.6. The third-order valence-electron chi connectivity index (χ3n) is 13.3. The minimum absolute atomic E-state index is 0.00712. The zero-order valence-electron chi connectivity index (χ0n) is 42.6. The molecule has 6 heteroatoms. The maximum Gasteiger partial charge on any atom is 0.305 e. The molecule has 0 spiro atoms. The van der Waals surface area contributed by atoms with E-state index in [4.69, 9.17) is 4.74 Å². The van der Waals surface area contributed by atoms with E-state index in [0.717, 1.165) is 38.5 Å². The summed E-state index contributed by atoms with van der Waals surface area (Å²) in [6, 6.07) is -0.630. The average Bonchev–Trinajstić information content (AvgIpc) is 3.28. The first kappa shape index (κ1) is 61.6. The summed E-state index contributed by atoms with van der Waals surface area (Å²) < 4.78 is 5.48. The molecule has 0 aromatic rings. The normalized spacial score (nSPS) is 12.6. The van der Waals surface area contributed by atoms with Gasteiger partial charge < -0.3 is 20.3 Å². The Morgan fingerprint density at radius 1 is 0.429 bits per heavy atom. The molecule has 0 aromatic heterocycles. The van der Waals surface area contributed by atoms with Crippen LogP contribution in [0.15, 0.2) is 12.2 Å². The number of nitrogens with one attached hydrogen (secondary N) is 1. The third kappa shape index (κ3) is 49.9. The van der Waals surface area contributed by atoms with Gasteiger partial charge in [-0.2, -0.15) is 0 Å². The Labute approximate surface area is 393 Å². The lowest BCUT2D eigenvalue weighted by atomic mass is 10.0. The largest absolute Gasteiger partial charge is 0.466 e. The van der Waals surface area contributed by atoms with Crippen LogP contribution in [0.25, 0.3) is 0 Å². The molecule has 3 N–H and O–H groups in total. The van der Waals surface area contributed by atoms with E-state index in [2.05, 4.69) is 19.2 Å². The molecule has 0 saturated carbocycles. The molecule has 0 radical (unpaired) electrons. The van der Waals surface area contributed by atoms with E-state index in [0.29, 0.717) is 19.4 Å². The van der Waals surface area contributed by atoms with Crippen LogP contribution in [0.3, 0.4) is 0 Å². The number of unbranched alkanes of at least 4 members (excludes halogenated alkanes) is 42. The molecule has 0 saturated heterocycles. The molecule has 0 aliphatic heterocycles. The molecule has 63 heavy (non-hydrogen) atoms. The molecular formula is C57H111NO5. The maximum absolute atomic E-state index is 12.4. The summed E-state index contributed by atoms with van der Waals surface area (Å²) in [5.41, 5.74) is 0. The Bertz CT molecular complexity index is 939. The van der Waals surface area contributed by atoms with Crippen molar-refractivity contribution in [1.29, 1.82) is 0 Å². The van der Waals surface area contributed by atoms with Crippen molar-refractivity contribution in [3.63, 3.8) is 0 Å². The van der Waals surface area contributed by atoms with Gasteiger partial charge in [-0.15, -0.1) is 0 Å². The van der Waals surface area contributed by atoms with Crippen molar-refractivity contribution in [2.75, 3.05) is 13.2 Å². The molecule has 2 unspecified atom stereocenters. The van der Waals surface area contributed by atoms with Crippen molar-refractivity contribution >= 4 is 11.9 Å². The molecular weight excluding hydrogens is 779 g/mol. The number of aliphatic hydroxyl groups excluding tert-OH is 2. The summed E-state index contributed by atoms with van der Waals surface area (Å²) in [6.07, 6.45) is 62.2. The highest BCUT2D eigenvalue weighted by Crippen LogP contribution is 2.17. The Kier molecular flexibility index (Phi) is 52.0. The number of hydrogen-bond acceptors (Lipinski definition) is 5. The van der Waals surface area contributed by atoms with E-state index in [-0.39, 0.29) is 18.5 Å². The van der Waals surface area contributed by atoms with E-state index in [9.17, 15) is 19.8 Å². The van der Waals surface area contributed by atoms with Crippen LogP contribution in [0.1, 0.15) is 316 Å². The van der Waals surface area contributed by atoms with E-state index in [1.54, 1.807) is 6.08 Å². The number of esters is 1. The number of carbonyl (C=O) groups is 2. The van der Waals surface area contributed by atoms with Crippen LogP contribution < -0.4 is 5.32 Å². The first-order chi connectivity index (χ1) is 31.0. The molecule has 0 rings (SSSR count). The van der Waals surface area contributed by atoms with Crippen LogP contribution in [0, 0.1) is 0 Å². The number of carbonyl (C=O) groups excluding carboxylic acids is 2. The summed E-state index contributed by atoms with van der Waals surface area (Å²) >= 11 is 0. The summed E-state index contributed by atoms with van der Waals surface area (Å²) in [7, 11) is 0. The molecule has 0 aliphatic rings. The Hall–Kier alpha value is -1.40. The average molecular weight is 891 g/mol. The van der Waals surface area contributed by atoms with E-state index < -0.39 is 12.1 Å². The highest BCUT2D eigenvalue weighted by Gasteiger charge is 2.18. The van der Waals surface area contributed by atoms with Crippen molar-refractivity contribution < 1.29 is 24.5 Å². The van der Waals surface area contributed by atoms with Crippen molar-refractivity contribution in [1.82, 2.24) is 5.32 Å². The van der Waals surface area contributed by atoms with Gasteiger partial charge in [-0.3, -0.25) is 9.59 Å². The van der Waals surface area contributed by atoms with Gasteiger partial charge in [-0.05, 0) is 32.1 Å². The lowest BCUT2D eigenvalue weighted by Crippen LogP contribution is -2.45. The second kappa shape index (κ2) is 53.2. The molecule has 6 nitrogen and oxygen atoms in total. The van der Waals surface area contributed by atoms with Crippen molar-refractivity contribution in [3.05, 3.63) is 12.2 Å². The fourth-order valence-electron chi connectivity index (χ4n) is 8.93. The van der Waals surface area contributed by atoms with Crippen molar-refractivity contribution in [2.24, 2.45) is 0 Å². The standard InChI is InChI=1S/C57H111NO5/c1-3-5-7-9-11-13-15-17-22-25-29-33-37-41-45-49-55(60)54(53-59)58-56(61)50-46-42-38-34-30-26-23-20-19-21-24-28-32-36-40-44-48-52-63-57(62)51-47-43-39-35-31-27-18-16-14-12-10-8-6-4-2/h45,49,54-55,59-60H,3-44,46-48,50-53H2,1-2H3,(H,58,61)/b49-45+. The highest BCUT2D eigenvalue weighted by atomic mass is 16.5. The van der Waals surface area contributed by atoms with Gasteiger partial charge in [0.15, 0.2) is 0 Å². The van der Waals surface area contributed by atoms with Gasteiger partial charge in [0.1, 0.15) is 0 Å². The summed E-state index contributed by atoms with van der Waals surface area (Å²) in [4.78, 5) is 24.5.